The lowest BCUT2D eigenvalue weighted by atomic mass is 9.95. The van der Waals surface area contributed by atoms with Crippen LogP contribution >= 0.6 is 24.8 Å². The number of nitrogens with two attached hydrogens (primary N) is 1. The van der Waals surface area contributed by atoms with Crippen molar-refractivity contribution in [3.8, 4) is 11.1 Å². The zero-order valence-electron chi connectivity index (χ0n) is 20.2. The van der Waals surface area contributed by atoms with E-state index in [9.17, 15) is 18.0 Å². The summed E-state index contributed by atoms with van der Waals surface area (Å²) in [4.78, 5) is 19.4. The topological polar surface area (TPSA) is 71.2 Å². The first-order valence-corrected chi connectivity index (χ1v) is 11.4. The number of aromatic nitrogens is 1. The molecule has 11 heteroatoms. The van der Waals surface area contributed by atoms with Gasteiger partial charge in [0.2, 0.25) is 0 Å². The van der Waals surface area contributed by atoms with Crippen molar-refractivity contribution >= 4 is 42.1 Å². The largest absolute Gasteiger partial charge is 0.368 e. The molecule has 1 saturated heterocycles. The normalized spacial score (nSPS) is 17.0. The minimum absolute atomic E-state index is 0. The molecule has 200 valence electrons. The van der Waals surface area contributed by atoms with Gasteiger partial charge in [-0.3, -0.25) is 9.78 Å². The molecule has 5 nitrogen and oxygen atoms in total. The average molecular weight is 559 g/mol. The number of carbonyl (C=O) groups excluding carboxylic acids is 1. The van der Waals surface area contributed by atoms with Crippen LogP contribution in [0.1, 0.15) is 36.2 Å². The molecule has 0 radical (unpaired) electrons. The fourth-order valence-corrected chi connectivity index (χ4v) is 4.69. The lowest BCUT2D eigenvalue weighted by Gasteiger charge is -2.38. The molecule has 1 aliphatic rings. The molecule has 4 rings (SSSR count). The number of nitrogens with one attached hydrogen (secondary N) is 1. The highest BCUT2D eigenvalue weighted by Crippen LogP contribution is 2.35. The number of halogens is 6. The van der Waals surface area contributed by atoms with Crippen LogP contribution in [0.2, 0.25) is 0 Å². The van der Waals surface area contributed by atoms with Crippen molar-refractivity contribution in [2.45, 2.75) is 32.7 Å². The third kappa shape index (κ3) is 6.17. The molecule has 1 amide bonds. The van der Waals surface area contributed by atoms with Crippen LogP contribution in [-0.2, 0) is 6.42 Å². The van der Waals surface area contributed by atoms with Crippen LogP contribution in [-0.4, -0.2) is 30.0 Å². The molecule has 0 unspecified atom stereocenters. The maximum atomic E-state index is 15.4. The third-order valence-corrected chi connectivity index (χ3v) is 6.18. The Balaban J connectivity index is 0.00000241. The Labute approximate surface area is 225 Å². The Morgan fingerprint density at radius 2 is 1.68 bits per heavy atom. The number of hydrogen-bond acceptors (Lipinski definition) is 4. The molecule has 0 aliphatic carbocycles. The van der Waals surface area contributed by atoms with Crippen LogP contribution in [0.3, 0.4) is 0 Å². The second-order valence-corrected chi connectivity index (χ2v) is 8.89. The van der Waals surface area contributed by atoms with Gasteiger partial charge in [0.25, 0.3) is 5.91 Å². The fourth-order valence-electron chi connectivity index (χ4n) is 4.69. The summed E-state index contributed by atoms with van der Waals surface area (Å²) < 4.78 is 58.4. The third-order valence-electron chi connectivity index (χ3n) is 6.18. The quantitative estimate of drug-likeness (QED) is 0.369. The van der Waals surface area contributed by atoms with Crippen LogP contribution in [0.5, 0.6) is 0 Å². The Bertz CT molecular complexity index is 1250. The summed E-state index contributed by atoms with van der Waals surface area (Å²) in [7, 11) is 0. The summed E-state index contributed by atoms with van der Waals surface area (Å²) in [5.41, 5.74) is 5.81. The summed E-state index contributed by atoms with van der Waals surface area (Å²) in [6.45, 7) is 5.34. The molecular weight excluding hydrogens is 531 g/mol. The number of pyridine rings is 1. The van der Waals surface area contributed by atoms with E-state index in [2.05, 4.69) is 22.1 Å². The van der Waals surface area contributed by atoms with E-state index >= 15 is 4.39 Å². The molecule has 3 N–H and O–H groups in total. The van der Waals surface area contributed by atoms with Gasteiger partial charge in [-0.2, -0.15) is 0 Å². The molecule has 1 fully saturated rings. The van der Waals surface area contributed by atoms with Gasteiger partial charge in [0.1, 0.15) is 23.3 Å². The maximum Gasteiger partial charge on any atom is 0.258 e. The van der Waals surface area contributed by atoms with Crippen LogP contribution in [0.25, 0.3) is 11.1 Å². The molecule has 37 heavy (non-hydrogen) atoms. The Hall–Kier alpha value is -2.88. The first-order valence-electron chi connectivity index (χ1n) is 11.4. The number of anilines is 2. The van der Waals surface area contributed by atoms with Crippen molar-refractivity contribution in [1.29, 1.82) is 0 Å². The monoisotopic (exact) mass is 558 g/mol. The molecule has 0 saturated carbocycles. The van der Waals surface area contributed by atoms with Crippen LogP contribution < -0.4 is 16.0 Å². The van der Waals surface area contributed by atoms with Crippen molar-refractivity contribution in [2.75, 3.05) is 23.3 Å². The van der Waals surface area contributed by atoms with Gasteiger partial charge >= 0.3 is 0 Å². The first kappa shape index (κ1) is 30.3. The number of carbonyl (C=O) groups is 1. The van der Waals surface area contributed by atoms with E-state index in [-0.39, 0.29) is 30.9 Å². The highest BCUT2D eigenvalue weighted by Gasteiger charge is 2.28. The Kier molecular flexibility index (Phi) is 10.3. The van der Waals surface area contributed by atoms with Gasteiger partial charge in [-0.1, -0.05) is 19.9 Å². The van der Waals surface area contributed by atoms with Gasteiger partial charge in [-0.25, -0.2) is 17.6 Å². The van der Waals surface area contributed by atoms with Gasteiger partial charge in [0.15, 0.2) is 0 Å². The molecule has 0 spiro atoms. The van der Waals surface area contributed by atoms with Gasteiger partial charge in [-0.05, 0) is 48.6 Å². The molecule has 2 heterocycles. The molecule has 1 aromatic heterocycles. The van der Waals surface area contributed by atoms with Crippen molar-refractivity contribution in [3.05, 3.63) is 77.1 Å². The summed E-state index contributed by atoms with van der Waals surface area (Å²) >= 11 is 0. The minimum atomic E-state index is -1.36. The number of rotatable bonds is 5. The lowest BCUT2D eigenvalue weighted by molar-refractivity contribution is 0.102. The Morgan fingerprint density at radius 3 is 2.30 bits per heavy atom. The van der Waals surface area contributed by atoms with E-state index < -0.39 is 45.9 Å². The summed E-state index contributed by atoms with van der Waals surface area (Å²) in [6.07, 6.45) is 4.66. The van der Waals surface area contributed by atoms with E-state index in [0.717, 1.165) is 54.5 Å². The highest BCUT2D eigenvalue weighted by atomic mass is 35.5. The molecule has 2 atom stereocenters. The Morgan fingerprint density at radius 1 is 1.03 bits per heavy atom. The lowest BCUT2D eigenvalue weighted by Crippen LogP contribution is -2.47. The minimum Gasteiger partial charge on any atom is -0.368 e. The van der Waals surface area contributed by atoms with E-state index in [0.29, 0.717) is 24.6 Å². The summed E-state index contributed by atoms with van der Waals surface area (Å²) in [5.74, 6) is -5.40. The number of nitrogens with zero attached hydrogens (tertiary/aromatic N) is 2. The zero-order valence-corrected chi connectivity index (χ0v) is 21.9. The van der Waals surface area contributed by atoms with Crippen molar-refractivity contribution in [1.82, 2.24) is 4.98 Å². The van der Waals surface area contributed by atoms with Gasteiger partial charge in [0, 0.05) is 25.3 Å². The summed E-state index contributed by atoms with van der Waals surface area (Å²) in [5, 5.41) is 2.66. The van der Waals surface area contributed by atoms with E-state index in [4.69, 9.17) is 5.73 Å². The average Bonchev–Trinajstić information content (AvgIpc) is 2.80. The summed E-state index contributed by atoms with van der Waals surface area (Å²) in [6, 6.07) is 4.58. The molecule has 0 bridgehead atoms. The predicted molar refractivity (Wildman–Crippen MR) is 142 cm³/mol. The number of aryl methyl sites for hydroxylation is 1. The fraction of sp³-hybridized carbons (Fsp3) is 0.308. The first-order chi connectivity index (χ1) is 16.7. The van der Waals surface area contributed by atoms with E-state index in [1.165, 1.54) is 6.20 Å². The SMILES string of the molecule is CCc1cncc(NC(=O)c2ccc(F)c(-c3c(F)cccc3F)c2F)c1N1C[C@H](C)C[C@H](N)C1.Cl.Cl. The number of amides is 1. The van der Waals surface area contributed by atoms with Crippen LogP contribution in [0, 0.1) is 29.2 Å². The van der Waals surface area contributed by atoms with Gasteiger partial charge in [0.05, 0.1) is 34.3 Å². The second-order valence-electron chi connectivity index (χ2n) is 8.89. The predicted octanol–water partition coefficient (Wildman–Crippen LogP) is 6.14. The standard InChI is InChI=1S/C26H26F4N4O.2ClH/c1-3-15-10-32-11-21(25(15)34-12-14(2)9-16(31)13-34)33-26(35)17-7-8-20(29)23(24(17)30)22-18(27)5-4-6-19(22)28;;/h4-8,10-11,14,16H,3,9,12-13,31H2,1-2H3,(H,33,35);2*1H/t14-,16+;;/m1../s1. The van der Waals surface area contributed by atoms with Crippen LogP contribution in [0.4, 0.5) is 28.9 Å². The van der Waals surface area contributed by atoms with Gasteiger partial charge < -0.3 is 16.0 Å². The highest BCUT2D eigenvalue weighted by molar-refractivity contribution is 6.07. The van der Waals surface area contributed by atoms with E-state index in [1.54, 1.807) is 6.20 Å². The smallest absolute Gasteiger partial charge is 0.258 e. The number of hydrogen-bond donors (Lipinski definition) is 2. The van der Waals surface area contributed by atoms with E-state index in [1.807, 2.05) is 6.92 Å². The van der Waals surface area contributed by atoms with Gasteiger partial charge in [-0.15, -0.1) is 24.8 Å². The second kappa shape index (κ2) is 12.6. The van der Waals surface area contributed by atoms with Crippen molar-refractivity contribution < 1.29 is 22.4 Å². The van der Waals surface area contributed by atoms with Crippen LogP contribution in [0.15, 0.2) is 42.7 Å². The molecule has 3 aromatic rings. The zero-order chi connectivity index (χ0) is 25.3. The molecule has 1 aliphatic heterocycles. The maximum absolute atomic E-state index is 15.4. The van der Waals surface area contributed by atoms with Crippen molar-refractivity contribution in [2.24, 2.45) is 11.7 Å². The molecular formula is C26H28Cl2F4N4O. The number of piperidine rings is 1. The molecule has 2 aromatic carbocycles. The number of benzene rings is 2. The van der Waals surface area contributed by atoms with Crippen molar-refractivity contribution in [3.63, 3.8) is 0 Å².